The third kappa shape index (κ3) is 6.03. The molecule has 148 valence electrons. The number of carbonyl (C=O) groups excluding carboxylic acids is 1. The second kappa shape index (κ2) is 9.43. The minimum atomic E-state index is -5.01. The van der Waals surface area contributed by atoms with E-state index < -0.39 is 23.2 Å². The summed E-state index contributed by atoms with van der Waals surface area (Å²) >= 11 is 0. The summed E-state index contributed by atoms with van der Waals surface area (Å²) in [5.74, 6) is -2.12. The van der Waals surface area contributed by atoms with Crippen molar-refractivity contribution in [1.29, 1.82) is 0 Å². The van der Waals surface area contributed by atoms with E-state index in [2.05, 4.69) is 6.92 Å². The van der Waals surface area contributed by atoms with Gasteiger partial charge in [0.2, 0.25) is 0 Å². The summed E-state index contributed by atoms with van der Waals surface area (Å²) in [6.45, 7) is 7.60. The van der Waals surface area contributed by atoms with Crippen LogP contribution < -0.4 is 0 Å². The van der Waals surface area contributed by atoms with Crippen LogP contribution >= 0.6 is 0 Å². The van der Waals surface area contributed by atoms with Crippen molar-refractivity contribution in [2.24, 2.45) is 5.41 Å². The predicted molar refractivity (Wildman–Crippen MR) is 97.7 cm³/mol. The van der Waals surface area contributed by atoms with E-state index in [4.69, 9.17) is 4.74 Å². The summed E-state index contributed by atoms with van der Waals surface area (Å²) in [5, 5.41) is 0. The van der Waals surface area contributed by atoms with Crippen molar-refractivity contribution in [1.82, 2.24) is 0 Å². The first-order valence-electron chi connectivity index (χ1n) is 9.40. The Hall–Kier alpha value is -1.52. The van der Waals surface area contributed by atoms with Gasteiger partial charge < -0.3 is 4.74 Å². The number of carbonyl (C=O) groups is 1. The summed E-state index contributed by atoms with van der Waals surface area (Å²) in [6.07, 6.45) is 1.43. The standard InChI is InChI=1S/C21H31F3O2/c1-5-6-7-8-9-13-16-20(19(2,3)4,17-14-11-10-12-15-17)26-18(25)21(22,23)24/h10-12,14-15H,5-9,13,16H2,1-4H3. The molecule has 1 unspecified atom stereocenters. The average Bonchev–Trinajstić information content (AvgIpc) is 2.55. The van der Waals surface area contributed by atoms with Crippen LogP contribution in [-0.4, -0.2) is 12.1 Å². The van der Waals surface area contributed by atoms with Crippen LogP contribution in [0.2, 0.25) is 0 Å². The number of halogens is 3. The number of esters is 1. The molecule has 0 saturated heterocycles. The second-order valence-electron chi connectivity index (χ2n) is 7.85. The summed E-state index contributed by atoms with van der Waals surface area (Å²) in [6, 6.07) is 8.81. The Bertz CT molecular complexity index is 547. The van der Waals surface area contributed by atoms with Crippen molar-refractivity contribution in [3.8, 4) is 0 Å². The molecule has 0 saturated carbocycles. The molecule has 0 fully saturated rings. The molecule has 0 aromatic heterocycles. The van der Waals surface area contributed by atoms with Crippen LogP contribution in [-0.2, 0) is 15.1 Å². The van der Waals surface area contributed by atoms with Crippen LogP contribution in [0.1, 0.15) is 78.2 Å². The van der Waals surface area contributed by atoms with E-state index in [0.29, 0.717) is 18.4 Å². The van der Waals surface area contributed by atoms with Crippen LogP contribution in [0.5, 0.6) is 0 Å². The highest BCUT2D eigenvalue weighted by Crippen LogP contribution is 2.47. The van der Waals surface area contributed by atoms with E-state index in [1.165, 1.54) is 0 Å². The molecule has 1 aromatic rings. The van der Waals surface area contributed by atoms with Gasteiger partial charge in [-0.15, -0.1) is 0 Å². The lowest BCUT2D eigenvalue weighted by molar-refractivity contribution is -0.227. The minimum absolute atomic E-state index is 0.370. The maximum absolute atomic E-state index is 12.9. The zero-order chi connectivity index (χ0) is 19.8. The molecule has 0 amide bonds. The molecule has 0 spiro atoms. The lowest BCUT2D eigenvalue weighted by atomic mass is 9.69. The van der Waals surface area contributed by atoms with Gasteiger partial charge in [-0.2, -0.15) is 13.2 Å². The van der Waals surface area contributed by atoms with Gasteiger partial charge in [0.1, 0.15) is 5.60 Å². The monoisotopic (exact) mass is 372 g/mol. The zero-order valence-electron chi connectivity index (χ0n) is 16.3. The van der Waals surface area contributed by atoms with Gasteiger partial charge in [0, 0.05) is 5.41 Å². The molecule has 0 N–H and O–H groups in total. The molecule has 0 heterocycles. The molecule has 2 nitrogen and oxygen atoms in total. The van der Waals surface area contributed by atoms with Gasteiger partial charge in [-0.05, 0) is 18.4 Å². The molecule has 5 heteroatoms. The smallest absolute Gasteiger partial charge is 0.447 e. The van der Waals surface area contributed by atoms with Gasteiger partial charge >= 0.3 is 12.1 Å². The van der Waals surface area contributed by atoms with Crippen LogP contribution in [0.4, 0.5) is 13.2 Å². The van der Waals surface area contributed by atoms with Gasteiger partial charge in [0.15, 0.2) is 0 Å². The Morgan fingerprint density at radius 2 is 1.46 bits per heavy atom. The lowest BCUT2D eigenvalue weighted by Gasteiger charge is -2.44. The van der Waals surface area contributed by atoms with Crippen molar-refractivity contribution >= 4 is 5.97 Å². The van der Waals surface area contributed by atoms with Crippen molar-refractivity contribution in [3.63, 3.8) is 0 Å². The van der Waals surface area contributed by atoms with Gasteiger partial charge in [-0.1, -0.05) is 90.1 Å². The van der Waals surface area contributed by atoms with Gasteiger partial charge in [-0.25, -0.2) is 4.79 Å². The number of rotatable bonds is 9. The van der Waals surface area contributed by atoms with E-state index in [9.17, 15) is 18.0 Å². The van der Waals surface area contributed by atoms with Gasteiger partial charge in [-0.3, -0.25) is 0 Å². The molecule has 1 aromatic carbocycles. The third-order valence-electron chi connectivity index (χ3n) is 4.83. The second-order valence-corrected chi connectivity index (χ2v) is 7.85. The number of ether oxygens (including phenoxy) is 1. The quantitative estimate of drug-likeness (QED) is 0.352. The molecule has 0 aliphatic carbocycles. The Balaban J connectivity index is 3.10. The van der Waals surface area contributed by atoms with Crippen molar-refractivity contribution in [3.05, 3.63) is 35.9 Å². The van der Waals surface area contributed by atoms with Gasteiger partial charge in [0.25, 0.3) is 0 Å². The van der Waals surface area contributed by atoms with E-state index >= 15 is 0 Å². The number of benzene rings is 1. The third-order valence-corrected chi connectivity index (χ3v) is 4.83. The van der Waals surface area contributed by atoms with E-state index in [-0.39, 0.29) is 0 Å². The first kappa shape index (κ1) is 22.5. The maximum atomic E-state index is 12.9. The average molecular weight is 372 g/mol. The number of unbranched alkanes of at least 4 members (excludes halogenated alkanes) is 5. The first-order chi connectivity index (χ1) is 12.0. The number of hydrogen-bond acceptors (Lipinski definition) is 2. The fourth-order valence-corrected chi connectivity index (χ4v) is 3.29. The van der Waals surface area contributed by atoms with Crippen molar-refractivity contribution in [2.75, 3.05) is 0 Å². The highest BCUT2D eigenvalue weighted by Gasteiger charge is 2.52. The Labute approximate surface area is 155 Å². The zero-order valence-corrected chi connectivity index (χ0v) is 16.3. The highest BCUT2D eigenvalue weighted by atomic mass is 19.4. The van der Waals surface area contributed by atoms with E-state index in [0.717, 1.165) is 32.1 Å². The molecule has 0 bridgehead atoms. The fourth-order valence-electron chi connectivity index (χ4n) is 3.29. The van der Waals surface area contributed by atoms with E-state index in [1.54, 1.807) is 30.3 Å². The summed E-state index contributed by atoms with van der Waals surface area (Å²) in [5.41, 5.74) is -1.39. The first-order valence-corrected chi connectivity index (χ1v) is 9.40. The van der Waals surface area contributed by atoms with Crippen LogP contribution in [0.15, 0.2) is 30.3 Å². The largest absolute Gasteiger partial charge is 0.490 e. The van der Waals surface area contributed by atoms with Crippen LogP contribution in [0, 0.1) is 5.41 Å². The van der Waals surface area contributed by atoms with Crippen LogP contribution in [0.3, 0.4) is 0 Å². The topological polar surface area (TPSA) is 26.3 Å². The summed E-state index contributed by atoms with van der Waals surface area (Å²) in [4.78, 5) is 11.7. The predicted octanol–water partition coefficient (Wildman–Crippen LogP) is 6.78. The SMILES string of the molecule is CCCCCCCCC(OC(=O)C(F)(F)F)(c1ccccc1)C(C)(C)C. The van der Waals surface area contributed by atoms with Crippen molar-refractivity contribution in [2.45, 2.75) is 84.4 Å². The summed E-state index contributed by atoms with van der Waals surface area (Å²) in [7, 11) is 0. The highest BCUT2D eigenvalue weighted by molar-refractivity contribution is 5.76. The number of alkyl halides is 3. The van der Waals surface area contributed by atoms with Crippen molar-refractivity contribution < 1.29 is 22.7 Å². The summed E-state index contributed by atoms with van der Waals surface area (Å²) < 4.78 is 44.0. The number of hydrogen-bond donors (Lipinski definition) is 0. The lowest BCUT2D eigenvalue weighted by Crippen LogP contribution is -2.47. The fraction of sp³-hybridized carbons (Fsp3) is 0.667. The molecule has 0 aliphatic heterocycles. The minimum Gasteiger partial charge on any atom is -0.447 e. The molecule has 1 atom stereocenters. The normalized spacial score (nSPS) is 14.7. The van der Waals surface area contributed by atoms with Crippen LogP contribution in [0.25, 0.3) is 0 Å². The van der Waals surface area contributed by atoms with E-state index in [1.807, 2.05) is 20.8 Å². The Morgan fingerprint density at radius 3 is 1.96 bits per heavy atom. The molecular formula is C21H31F3O2. The Morgan fingerprint density at radius 1 is 0.923 bits per heavy atom. The molecule has 26 heavy (non-hydrogen) atoms. The molecule has 1 rings (SSSR count). The maximum Gasteiger partial charge on any atom is 0.490 e. The van der Waals surface area contributed by atoms with Gasteiger partial charge in [0.05, 0.1) is 0 Å². The molecule has 0 radical (unpaired) electrons. The molecule has 0 aliphatic rings. The Kier molecular flexibility index (Phi) is 8.16. The molecular weight excluding hydrogens is 341 g/mol.